The fourth-order valence-corrected chi connectivity index (χ4v) is 5.37. The zero-order valence-corrected chi connectivity index (χ0v) is 14.2. The van der Waals surface area contributed by atoms with E-state index in [1.807, 2.05) is 24.4 Å². The van der Waals surface area contributed by atoms with Gasteiger partial charge in [-0.2, -0.15) is 0 Å². The van der Waals surface area contributed by atoms with Gasteiger partial charge in [0.05, 0.1) is 4.90 Å². The molecule has 0 atom stereocenters. The third-order valence-electron chi connectivity index (χ3n) is 3.36. The number of sulfonamides is 1. The monoisotopic (exact) mass is 342 g/mol. The van der Waals surface area contributed by atoms with Gasteiger partial charge in [-0.25, -0.2) is 13.1 Å². The van der Waals surface area contributed by atoms with Gasteiger partial charge in [-0.05, 0) is 43.3 Å². The lowest BCUT2D eigenvalue weighted by atomic mass is 10.4. The predicted molar refractivity (Wildman–Crippen MR) is 87.3 cm³/mol. The Morgan fingerprint density at radius 3 is 2.71 bits per heavy atom. The van der Waals surface area contributed by atoms with Gasteiger partial charge in [0.2, 0.25) is 10.0 Å². The van der Waals surface area contributed by atoms with Crippen LogP contribution in [0, 0.1) is 6.92 Å². The fraction of sp³-hybridized carbons (Fsp3) is 0.429. The van der Waals surface area contributed by atoms with Crippen molar-refractivity contribution in [2.45, 2.75) is 43.8 Å². The number of nitrogens with one attached hydrogen (secondary N) is 2. The minimum atomic E-state index is -3.44. The molecule has 0 unspecified atom stereocenters. The van der Waals surface area contributed by atoms with E-state index in [0.29, 0.717) is 24.0 Å². The van der Waals surface area contributed by atoms with Gasteiger partial charge in [-0.1, -0.05) is 0 Å². The third kappa shape index (κ3) is 3.92. The minimum absolute atomic E-state index is 0.353. The van der Waals surface area contributed by atoms with Gasteiger partial charge in [0.1, 0.15) is 0 Å². The van der Waals surface area contributed by atoms with E-state index in [9.17, 15) is 8.42 Å². The van der Waals surface area contributed by atoms with Crippen molar-refractivity contribution in [2.75, 3.05) is 0 Å². The van der Waals surface area contributed by atoms with E-state index in [1.54, 1.807) is 17.4 Å². The standard InChI is InChI=1S/C14H18N2O2S3/c1-10-2-5-12(20-10)8-16-21(17,18)14-6-7-19-13(14)9-15-11-3-4-11/h2,5-7,11,15-16H,3-4,8-9H2,1H3. The summed E-state index contributed by atoms with van der Waals surface area (Å²) in [6.45, 7) is 3.01. The molecule has 0 aromatic carbocycles. The highest BCUT2D eigenvalue weighted by molar-refractivity contribution is 7.89. The molecule has 1 aliphatic carbocycles. The summed E-state index contributed by atoms with van der Waals surface area (Å²) in [7, 11) is -3.44. The molecule has 3 rings (SSSR count). The lowest BCUT2D eigenvalue weighted by molar-refractivity contribution is 0.579. The van der Waals surface area contributed by atoms with Gasteiger partial charge in [-0.15, -0.1) is 22.7 Å². The van der Waals surface area contributed by atoms with Crippen LogP contribution in [0.25, 0.3) is 0 Å². The maximum atomic E-state index is 12.4. The van der Waals surface area contributed by atoms with Gasteiger partial charge >= 0.3 is 0 Å². The minimum Gasteiger partial charge on any atom is -0.309 e. The average Bonchev–Trinajstić information content (AvgIpc) is 2.97. The van der Waals surface area contributed by atoms with Crippen molar-refractivity contribution in [3.05, 3.63) is 38.2 Å². The quantitative estimate of drug-likeness (QED) is 0.813. The average molecular weight is 343 g/mol. The Balaban J connectivity index is 1.67. The van der Waals surface area contributed by atoms with Gasteiger partial charge in [0.25, 0.3) is 0 Å². The van der Waals surface area contributed by atoms with Gasteiger partial charge in [-0.3, -0.25) is 0 Å². The summed E-state index contributed by atoms with van der Waals surface area (Å²) in [5.74, 6) is 0. The molecule has 2 heterocycles. The molecule has 0 bridgehead atoms. The molecule has 114 valence electrons. The SMILES string of the molecule is Cc1ccc(CNS(=O)(=O)c2ccsc2CNC2CC2)s1. The van der Waals surface area contributed by atoms with Crippen molar-refractivity contribution in [3.8, 4) is 0 Å². The van der Waals surface area contributed by atoms with Crippen molar-refractivity contribution < 1.29 is 8.42 Å². The van der Waals surface area contributed by atoms with Crippen LogP contribution in [0.1, 0.15) is 27.5 Å². The second-order valence-corrected chi connectivity index (χ2v) is 9.31. The Kier molecular flexibility index (Phi) is 4.46. The second kappa shape index (κ2) is 6.18. The molecule has 21 heavy (non-hydrogen) atoms. The molecule has 0 aliphatic heterocycles. The van der Waals surface area contributed by atoms with E-state index in [2.05, 4.69) is 10.0 Å². The topological polar surface area (TPSA) is 58.2 Å². The first-order valence-electron chi connectivity index (χ1n) is 6.89. The van der Waals surface area contributed by atoms with Crippen LogP contribution in [-0.2, 0) is 23.1 Å². The van der Waals surface area contributed by atoms with E-state index >= 15 is 0 Å². The van der Waals surface area contributed by atoms with Crippen molar-refractivity contribution >= 4 is 32.7 Å². The maximum absolute atomic E-state index is 12.4. The van der Waals surface area contributed by atoms with Crippen LogP contribution in [0.2, 0.25) is 0 Å². The molecule has 1 fully saturated rings. The first kappa shape index (κ1) is 15.2. The maximum Gasteiger partial charge on any atom is 0.242 e. The highest BCUT2D eigenvalue weighted by Gasteiger charge is 2.23. The zero-order valence-electron chi connectivity index (χ0n) is 11.8. The van der Waals surface area contributed by atoms with Gasteiger partial charge in [0, 0.05) is 33.8 Å². The van der Waals surface area contributed by atoms with E-state index in [1.165, 1.54) is 29.1 Å². The normalized spacial score (nSPS) is 15.5. The summed E-state index contributed by atoms with van der Waals surface area (Å²) in [6, 6.07) is 6.23. The summed E-state index contributed by atoms with van der Waals surface area (Å²) in [5.41, 5.74) is 0. The number of rotatable bonds is 7. The Labute approximate surface area is 133 Å². The summed E-state index contributed by atoms with van der Waals surface area (Å²) < 4.78 is 27.6. The van der Waals surface area contributed by atoms with Crippen LogP contribution >= 0.6 is 22.7 Å². The molecule has 2 aromatic heterocycles. The fourth-order valence-electron chi connectivity index (χ4n) is 2.05. The largest absolute Gasteiger partial charge is 0.309 e. The summed E-state index contributed by atoms with van der Waals surface area (Å²) in [6.07, 6.45) is 2.40. The molecule has 0 saturated heterocycles. The first-order valence-corrected chi connectivity index (χ1v) is 10.1. The number of aryl methyl sites for hydroxylation is 1. The van der Waals surface area contributed by atoms with Crippen LogP contribution in [0.5, 0.6) is 0 Å². The molecule has 1 aliphatic rings. The molecular weight excluding hydrogens is 324 g/mol. The Hall–Kier alpha value is -0.730. The van der Waals surface area contributed by atoms with Crippen molar-refractivity contribution in [3.63, 3.8) is 0 Å². The highest BCUT2D eigenvalue weighted by atomic mass is 32.2. The van der Waals surface area contributed by atoms with E-state index < -0.39 is 10.0 Å². The molecule has 2 N–H and O–H groups in total. The highest BCUT2D eigenvalue weighted by Crippen LogP contribution is 2.25. The third-order valence-corrected chi connectivity index (χ3v) is 6.89. The van der Waals surface area contributed by atoms with Crippen molar-refractivity contribution in [1.29, 1.82) is 0 Å². The smallest absolute Gasteiger partial charge is 0.242 e. The molecule has 0 radical (unpaired) electrons. The number of hydrogen-bond donors (Lipinski definition) is 2. The molecule has 0 amide bonds. The number of thiophene rings is 2. The van der Waals surface area contributed by atoms with Crippen LogP contribution in [-0.4, -0.2) is 14.5 Å². The summed E-state index contributed by atoms with van der Waals surface area (Å²) >= 11 is 3.11. The van der Waals surface area contributed by atoms with E-state index in [0.717, 1.165) is 9.75 Å². The van der Waals surface area contributed by atoms with Crippen LogP contribution in [0.15, 0.2) is 28.5 Å². The van der Waals surface area contributed by atoms with Crippen LogP contribution in [0.3, 0.4) is 0 Å². The summed E-state index contributed by atoms with van der Waals surface area (Å²) in [5, 5.41) is 5.21. The van der Waals surface area contributed by atoms with Crippen molar-refractivity contribution in [2.24, 2.45) is 0 Å². The lowest BCUT2D eigenvalue weighted by Crippen LogP contribution is -2.24. The van der Waals surface area contributed by atoms with Crippen LogP contribution < -0.4 is 10.0 Å². The summed E-state index contributed by atoms with van der Waals surface area (Å²) in [4.78, 5) is 3.52. The first-order chi connectivity index (χ1) is 10.0. The Bertz CT molecular complexity index is 714. The molecule has 0 spiro atoms. The van der Waals surface area contributed by atoms with Gasteiger partial charge in [0.15, 0.2) is 0 Å². The zero-order chi connectivity index (χ0) is 14.9. The predicted octanol–water partition coefficient (Wildman–Crippen LogP) is 2.85. The molecular formula is C14H18N2O2S3. The van der Waals surface area contributed by atoms with Crippen molar-refractivity contribution in [1.82, 2.24) is 10.0 Å². The molecule has 4 nitrogen and oxygen atoms in total. The number of hydrogen-bond acceptors (Lipinski definition) is 5. The Morgan fingerprint density at radius 1 is 1.24 bits per heavy atom. The molecule has 2 aromatic rings. The van der Waals surface area contributed by atoms with E-state index in [-0.39, 0.29) is 0 Å². The van der Waals surface area contributed by atoms with Crippen LogP contribution in [0.4, 0.5) is 0 Å². The van der Waals surface area contributed by atoms with E-state index in [4.69, 9.17) is 0 Å². The van der Waals surface area contributed by atoms with Gasteiger partial charge < -0.3 is 5.32 Å². The Morgan fingerprint density at radius 2 is 2.05 bits per heavy atom. The second-order valence-electron chi connectivity index (χ2n) is 5.20. The molecule has 7 heteroatoms. The lowest BCUT2D eigenvalue weighted by Gasteiger charge is -2.07. The molecule has 1 saturated carbocycles.